The summed E-state index contributed by atoms with van der Waals surface area (Å²) in [5.74, 6) is 0.735. The summed E-state index contributed by atoms with van der Waals surface area (Å²) in [7, 11) is 1.75. The second-order valence-corrected chi connectivity index (χ2v) is 19.1. The van der Waals surface area contributed by atoms with Crippen LogP contribution in [-0.4, -0.2) is 145 Å². The number of halogens is 1. The van der Waals surface area contributed by atoms with Gasteiger partial charge < -0.3 is 34.6 Å². The highest BCUT2D eigenvalue weighted by atomic mass is 32.2. The highest BCUT2D eigenvalue weighted by Gasteiger charge is 2.53. The minimum absolute atomic E-state index is 0.00919. The fourth-order valence-corrected chi connectivity index (χ4v) is 11.6. The number of methoxy groups -OCH3 is 1. The number of alkyl carbamates (subject to hydrolysis) is 1. The van der Waals surface area contributed by atoms with E-state index in [1.54, 1.807) is 29.2 Å². The van der Waals surface area contributed by atoms with Gasteiger partial charge in [-0.2, -0.15) is 0 Å². The van der Waals surface area contributed by atoms with Crippen LogP contribution in [-0.2, 0) is 24.8 Å². The van der Waals surface area contributed by atoms with Gasteiger partial charge in [0.15, 0.2) is 9.84 Å². The number of nitrogens with one attached hydrogen (secondary N) is 1. The Bertz CT molecular complexity index is 1790. The number of ether oxygens (including phenoxy) is 1. The maximum absolute atomic E-state index is 15.0. The highest BCUT2D eigenvalue weighted by molar-refractivity contribution is 7.92. The Kier molecular flexibility index (Phi) is 12.2. The number of likely N-dealkylation sites (N-methyl/N-ethyl adjacent to an activating group) is 1. The molecule has 0 aromatic heterocycles. The largest absolute Gasteiger partial charge is 0.453 e. The zero-order valence-electron chi connectivity index (χ0n) is 32.7. The predicted octanol–water partition coefficient (Wildman–Crippen LogP) is 4.24. The summed E-state index contributed by atoms with van der Waals surface area (Å²) < 4.78 is 46.6. The first-order chi connectivity index (χ1) is 26.5. The number of carbonyl (C=O) groups excluding carboxylic acids is 2. The van der Waals surface area contributed by atoms with Crippen LogP contribution in [0.15, 0.2) is 65.6 Å². The fraction of sp³-hybridized carbons (Fsp3) is 0.619. The van der Waals surface area contributed by atoms with Crippen molar-refractivity contribution in [3.63, 3.8) is 0 Å². The molecule has 1 N–H and O–H groups in total. The van der Waals surface area contributed by atoms with Gasteiger partial charge in [-0.05, 0) is 126 Å². The molecule has 2 amide bonds. The summed E-state index contributed by atoms with van der Waals surface area (Å²) in [6, 6.07) is 14.5. The van der Waals surface area contributed by atoms with E-state index >= 15 is 4.39 Å². The van der Waals surface area contributed by atoms with Crippen LogP contribution < -0.4 is 10.2 Å². The van der Waals surface area contributed by atoms with Crippen LogP contribution in [0.4, 0.5) is 14.9 Å². The summed E-state index contributed by atoms with van der Waals surface area (Å²) in [4.78, 5) is 36.2. The first-order valence-electron chi connectivity index (χ1n) is 20.2. The molecule has 300 valence electrons. The van der Waals surface area contributed by atoms with Gasteiger partial charge in [0.05, 0.1) is 12.0 Å². The Morgan fingerprint density at radius 3 is 2.31 bits per heavy atom. The van der Waals surface area contributed by atoms with E-state index in [4.69, 9.17) is 4.74 Å². The van der Waals surface area contributed by atoms with Gasteiger partial charge in [-0.15, -0.1) is 0 Å². The average molecular weight is 779 g/mol. The molecule has 1 saturated carbocycles. The van der Waals surface area contributed by atoms with Gasteiger partial charge in [-0.25, -0.2) is 17.6 Å². The minimum Gasteiger partial charge on any atom is -0.453 e. The molecule has 4 saturated heterocycles. The Balaban J connectivity index is 0.944. The van der Waals surface area contributed by atoms with Gasteiger partial charge in [0.25, 0.3) is 0 Å². The number of anilines is 1. The Morgan fingerprint density at radius 2 is 1.67 bits per heavy atom. The number of amides is 2. The molecule has 11 nitrogen and oxygen atoms in total. The summed E-state index contributed by atoms with van der Waals surface area (Å²) in [5, 5.41) is 2.61. The van der Waals surface area contributed by atoms with Crippen molar-refractivity contribution in [2.45, 2.75) is 60.1 Å². The van der Waals surface area contributed by atoms with Gasteiger partial charge in [0, 0.05) is 75.0 Å². The van der Waals surface area contributed by atoms with E-state index in [-0.39, 0.29) is 42.2 Å². The van der Waals surface area contributed by atoms with E-state index in [9.17, 15) is 18.0 Å². The molecule has 2 aromatic carbocycles. The number of likely N-dealkylation sites (tertiary alicyclic amines) is 3. The first kappa shape index (κ1) is 39.7. The summed E-state index contributed by atoms with van der Waals surface area (Å²) >= 11 is 0. The molecule has 2 aromatic rings. The predicted molar refractivity (Wildman–Crippen MR) is 212 cm³/mol. The Morgan fingerprint density at radius 1 is 0.945 bits per heavy atom. The second kappa shape index (κ2) is 16.9. The highest BCUT2D eigenvalue weighted by Crippen LogP contribution is 2.51. The summed E-state index contributed by atoms with van der Waals surface area (Å²) in [6.45, 7) is 8.96. The number of hydrogen-bond donors (Lipinski definition) is 1. The third-order valence-electron chi connectivity index (χ3n) is 13.1. The van der Waals surface area contributed by atoms with E-state index in [0.29, 0.717) is 23.3 Å². The molecular formula is C42H59FN6O5S. The zero-order valence-corrected chi connectivity index (χ0v) is 33.6. The number of nitrogens with zero attached hydrogens (tertiary/aromatic N) is 5. The number of rotatable bonds is 14. The average Bonchev–Trinajstić information content (AvgIpc) is 3.57. The topological polar surface area (TPSA) is 106 Å². The van der Waals surface area contributed by atoms with Crippen LogP contribution in [0.5, 0.6) is 0 Å². The molecular weight excluding hydrogens is 720 g/mol. The van der Waals surface area contributed by atoms with Crippen molar-refractivity contribution < 1.29 is 27.1 Å². The fourth-order valence-electron chi connectivity index (χ4n) is 9.95. The molecule has 0 spiro atoms. The minimum atomic E-state index is -3.52. The Hall–Kier alpha value is -3.52. The molecule has 4 aliphatic heterocycles. The standard InChI is InChI=1S/C42H59FN6O5S/c1-45(2)19-6-12-40(50)49-28-37(29-49)55(52,53)36-15-13-35(14-16-36)48-26-31(27-48)25-46-22-17-32(18-23-46)42(30-47-20-7-21-47,33-8-4-9-34(43)24-33)38-10-5-11-39(38)44-41(51)54-3/h4,6,8-9,12-16,24,31-32,37-39H,5,7,10-11,17-23,25-30H2,1-3H3,(H,44,51). The summed E-state index contributed by atoms with van der Waals surface area (Å²) in [5.41, 5.74) is 1.83. The molecule has 4 heterocycles. The quantitative estimate of drug-likeness (QED) is 0.282. The monoisotopic (exact) mass is 778 g/mol. The van der Waals surface area contributed by atoms with Crippen molar-refractivity contribution in [2.24, 2.45) is 17.8 Å². The van der Waals surface area contributed by atoms with Crippen LogP contribution in [0.2, 0.25) is 0 Å². The normalized spacial score (nSPS) is 24.4. The molecule has 13 heteroatoms. The number of hydrogen-bond acceptors (Lipinski definition) is 9. The van der Waals surface area contributed by atoms with Gasteiger partial charge in [0.1, 0.15) is 11.1 Å². The SMILES string of the molecule is COC(=O)NC1CCCC1C(CN1CCC1)(c1cccc(F)c1)C1CCN(CC2CN(c3ccc(S(=O)(=O)C4CN(C(=O)C=CCN(C)C)C4)cc3)C2)CC1. The van der Waals surface area contributed by atoms with E-state index in [1.807, 2.05) is 37.2 Å². The smallest absolute Gasteiger partial charge is 0.407 e. The van der Waals surface area contributed by atoms with E-state index in [2.05, 4.69) is 26.1 Å². The van der Waals surface area contributed by atoms with Crippen LogP contribution >= 0.6 is 0 Å². The van der Waals surface area contributed by atoms with Crippen molar-refractivity contribution in [3.8, 4) is 0 Å². The van der Waals surface area contributed by atoms with E-state index in [0.717, 1.165) is 95.7 Å². The molecule has 5 fully saturated rings. The molecule has 3 atom stereocenters. The van der Waals surface area contributed by atoms with Crippen LogP contribution in [0.3, 0.4) is 0 Å². The third-order valence-corrected chi connectivity index (χ3v) is 15.2. The van der Waals surface area contributed by atoms with Crippen LogP contribution in [0.25, 0.3) is 0 Å². The molecule has 0 radical (unpaired) electrons. The number of benzene rings is 2. The zero-order chi connectivity index (χ0) is 38.7. The molecule has 1 aliphatic carbocycles. The lowest BCUT2D eigenvalue weighted by Gasteiger charge is -2.54. The number of sulfone groups is 1. The van der Waals surface area contributed by atoms with Crippen molar-refractivity contribution in [1.82, 2.24) is 24.9 Å². The van der Waals surface area contributed by atoms with Crippen molar-refractivity contribution >= 4 is 27.5 Å². The second-order valence-electron chi connectivity index (χ2n) is 16.9. The van der Waals surface area contributed by atoms with E-state index in [1.165, 1.54) is 25.7 Å². The lowest BCUT2D eigenvalue weighted by atomic mass is 9.57. The van der Waals surface area contributed by atoms with Crippen LogP contribution in [0, 0.1) is 23.6 Å². The Labute approximate surface area is 326 Å². The molecule has 5 aliphatic rings. The maximum atomic E-state index is 15.0. The van der Waals surface area contributed by atoms with Crippen molar-refractivity contribution in [3.05, 3.63) is 72.1 Å². The lowest BCUT2D eigenvalue weighted by Crippen LogP contribution is -2.60. The van der Waals surface area contributed by atoms with Gasteiger partial charge in [0.2, 0.25) is 5.91 Å². The molecule has 3 unspecified atom stereocenters. The van der Waals surface area contributed by atoms with Gasteiger partial charge in [-0.1, -0.05) is 24.6 Å². The molecule has 0 bridgehead atoms. The van der Waals surface area contributed by atoms with Crippen molar-refractivity contribution in [2.75, 3.05) is 98.1 Å². The lowest BCUT2D eigenvalue weighted by molar-refractivity contribution is -0.129. The third kappa shape index (κ3) is 8.60. The molecule has 7 rings (SSSR count). The van der Waals surface area contributed by atoms with E-state index < -0.39 is 21.2 Å². The van der Waals surface area contributed by atoms with Gasteiger partial charge in [-0.3, -0.25) is 4.79 Å². The summed E-state index contributed by atoms with van der Waals surface area (Å²) in [6.07, 6.45) is 9.10. The number of carbonyl (C=O) groups is 2. The van der Waals surface area contributed by atoms with Crippen molar-refractivity contribution in [1.29, 1.82) is 0 Å². The molecule has 55 heavy (non-hydrogen) atoms. The van der Waals surface area contributed by atoms with Gasteiger partial charge >= 0.3 is 6.09 Å². The first-order valence-corrected chi connectivity index (χ1v) is 21.7. The van der Waals surface area contributed by atoms with Crippen LogP contribution in [0.1, 0.15) is 44.1 Å². The number of piperidine rings is 1. The maximum Gasteiger partial charge on any atom is 0.407 e.